The van der Waals surface area contributed by atoms with Crippen LogP contribution in [0.4, 0.5) is 0 Å². The fourth-order valence-electron chi connectivity index (χ4n) is 1.10. The Balaban J connectivity index is 0.000000921. The molecule has 0 aromatic heterocycles. The van der Waals surface area contributed by atoms with Gasteiger partial charge in [-0.1, -0.05) is 13.8 Å². The van der Waals surface area contributed by atoms with Crippen molar-refractivity contribution in [1.29, 1.82) is 0 Å². The summed E-state index contributed by atoms with van der Waals surface area (Å²) in [6, 6.07) is 1.76. The molecule has 1 N–H and O–H groups in total. The van der Waals surface area contributed by atoms with Crippen LogP contribution in [0.2, 0.25) is 0 Å². The molecule has 4 heteroatoms. The average molecular weight is 277 g/mol. The van der Waals surface area contributed by atoms with Crippen molar-refractivity contribution in [2.24, 2.45) is 0 Å². The first-order chi connectivity index (χ1) is 7.11. The quantitative estimate of drug-likeness (QED) is 0.899. The molecule has 0 atom stereocenters. The molecule has 15 heavy (non-hydrogen) atoms. The van der Waals surface area contributed by atoms with Crippen LogP contribution < -0.4 is 9.47 Å². The molecule has 0 bridgehead atoms. The van der Waals surface area contributed by atoms with E-state index in [-0.39, 0.29) is 5.75 Å². The SMILES string of the molecule is CC.COc1cc(Br)c(OC)c(O)c1C. The minimum absolute atomic E-state index is 0.105. The molecule has 1 aromatic rings. The third kappa shape index (κ3) is 3.02. The Kier molecular flexibility index (Phi) is 6.17. The van der Waals surface area contributed by atoms with Crippen molar-refractivity contribution in [3.05, 3.63) is 16.1 Å². The lowest BCUT2D eigenvalue weighted by Gasteiger charge is -2.11. The van der Waals surface area contributed by atoms with Crippen molar-refractivity contribution < 1.29 is 14.6 Å². The molecule has 0 heterocycles. The topological polar surface area (TPSA) is 38.7 Å². The highest BCUT2D eigenvalue weighted by molar-refractivity contribution is 9.10. The van der Waals surface area contributed by atoms with Gasteiger partial charge < -0.3 is 14.6 Å². The van der Waals surface area contributed by atoms with Crippen molar-refractivity contribution in [3.63, 3.8) is 0 Å². The molecule has 0 aliphatic heterocycles. The smallest absolute Gasteiger partial charge is 0.175 e. The molecular formula is C11H17BrO3. The van der Waals surface area contributed by atoms with Gasteiger partial charge in [0.25, 0.3) is 0 Å². The maximum Gasteiger partial charge on any atom is 0.175 e. The summed E-state index contributed by atoms with van der Waals surface area (Å²) in [5.74, 6) is 1.16. The number of phenols is 1. The first-order valence-electron chi connectivity index (χ1n) is 4.71. The Hall–Kier alpha value is -0.900. The van der Waals surface area contributed by atoms with Crippen LogP contribution in [0.3, 0.4) is 0 Å². The highest BCUT2D eigenvalue weighted by Gasteiger charge is 2.13. The van der Waals surface area contributed by atoms with Crippen molar-refractivity contribution in [3.8, 4) is 17.2 Å². The lowest BCUT2D eigenvalue weighted by molar-refractivity contribution is 0.360. The number of halogens is 1. The van der Waals surface area contributed by atoms with Crippen molar-refractivity contribution in [2.75, 3.05) is 14.2 Å². The van der Waals surface area contributed by atoms with E-state index in [0.29, 0.717) is 21.5 Å². The van der Waals surface area contributed by atoms with Gasteiger partial charge in [-0.3, -0.25) is 0 Å². The number of aromatic hydroxyl groups is 1. The monoisotopic (exact) mass is 276 g/mol. The maximum absolute atomic E-state index is 9.66. The summed E-state index contributed by atoms with van der Waals surface area (Å²) in [5.41, 5.74) is 0.669. The van der Waals surface area contributed by atoms with Crippen molar-refractivity contribution in [2.45, 2.75) is 20.8 Å². The molecule has 0 unspecified atom stereocenters. The molecule has 0 aliphatic carbocycles. The fraction of sp³-hybridized carbons (Fsp3) is 0.455. The molecule has 0 radical (unpaired) electrons. The Bertz CT molecular complexity index is 324. The Morgan fingerprint density at radius 1 is 1.20 bits per heavy atom. The first kappa shape index (κ1) is 14.1. The number of phenolic OH excluding ortho intramolecular Hbond substituents is 1. The van der Waals surface area contributed by atoms with Crippen LogP contribution in [0.1, 0.15) is 19.4 Å². The minimum atomic E-state index is 0.105. The maximum atomic E-state index is 9.66. The van der Waals surface area contributed by atoms with Crippen LogP contribution in [0.15, 0.2) is 10.5 Å². The first-order valence-corrected chi connectivity index (χ1v) is 5.51. The highest BCUT2D eigenvalue weighted by Crippen LogP contribution is 2.41. The molecule has 0 saturated carbocycles. The van der Waals surface area contributed by atoms with Crippen molar-refractivity contribution in [1.82, 2.24) is 0 Å². The van der Waals surface area contributed by atoms with E-state index in [4.69, 9.17) is 9.47 Å². The number of methoxy groups -OCH3 is 2. The predicted molar refractivity (Wildman–Crippen MR) is 65.0 cm³/mol. The van der Waals surface area contributed by atoms with Gasteiger partial charge >= 0.3 is 0 Å². The zero-order chi connectivity index (χ0) is 12.0. The van der Waals surface area contributed by atoms with Crippen LogP contribution in [0.5, 0.6) is 17.2 Å². The van der Waals surface area contributed by atoms with E-state index in [0.717, 1.165) is 0 Å². The summed E-state index contributed by atoms with van der Waals surface area (Å²) in [7, 11) is 3.06. The van der Waals surface area contributed by atoms with Gasteiger partial charge in [-0.05, 0) is 28.9 Å². The molecule has 86 valence electrons. The number of benzene rings is 1. The molecule has 0 fully saturated rings. The van der Waals surface area contributed by atoms with Gasteiger partial charge in [-0.15, -0.1) is 0 Å². The number of hydrogen-bond acceptors (Lipinski definition) is 3. The van der Waals surface area contributed by atoms with E-state index in [1.807, 2.05) is 13.8 Å². The van der Waals surface area contributed by atoms with E-state index in [2.05, 4.69) is 15.9 Å². The molecule has 3 nitrogen and oxygen atoms in total. The van der Waals surface area contributed by atoms with E-state index < -0.39 is 0 Å². The minimum Gasteiger partial charge on any atom is -0.504 e. The summed E-state index contributed by atoms with van der Waals surface area (Å²) in [6.07, 6.45) is 0. The van der Waals surface area contributed by atoms with Gasteiger partial charge in [-0.25, -0.2) is 0 Å². The molecule has 1 rings (SSSR count). The summed E-state index contributed by atoms with van der Waals surface area (Å²) in [5, 5.41) is 9.66. The molecule has 0 spiro atoms. The van der Waals surface area contributed by atoms with Crippen LogP contribution in [-0.4, -0.2) is 19.3 Å². The van der Waals surface area contributed by atoms with Crippen LogP contribution in [0.25, 0.3) is 0 Å². The van der Waals surface area contributed by atoms with E-state index in [1.165, 1.54) is 7.11 Å². The van der Waals surface area contributed by atoms with Gasteiger partial charge in [0.1, 0.15) is 5.75 Å². The van der Waals surface area contributed by atoms with Gasteiger partial charge in [0.05, 0.1) is 18.7 Å². The normalized spacial score (nSPS) is 8.93. The van der Waals surface area contributed by atoms with Crippen molar-refractivity contribution >= 4 is 15.9 Å². The summed E-state index contributed by atoms with van der Waals surface area (Å²) < 4.78 is 10.7. The zero-order valence-electron chi connectivity index (χ0n) is 9.72. The lowest BCUT2D eigenvalue weighted by atomic mass is 10.2. The zero-order valence-corrected chi connectivity index (χ0v) is 11.3. The fourth-order valence-corrected chi connectivity index (χ4v) is 1.65. The molecule has 0 amide bonds. The van der Waals surface area contributed by atoms with E-state index >= 15 is 0 Å². The third-order valence-corrected chi connectivity index (χ3v) is 2.43. The van der Waals surface area contributed by atoms with Crippen LogP contribution in [-0.2, 0) is 0 Å². The second-order valence-corrected chi connectivity index (χ2v) is 3.42. The van der Waals surface area contributed by atoms with Crippen LogP contribution >= 0.6 is 15.9 Å². The largest absolute Gasteiger partial charge is 0.504 e. The third-order valence-electron chi connectivity index (χ3n) is 1.84. The number of hydrogen-bond donors (Lipinski definition) is 1. The molecule has 0 aliphatic rings. The summed E-state index contributed by atoms with van der Waals surface area (Å²) in [6.45, 7) is 5.77. The van der Waals surface area contributed by atoms with Gasteiger partial charge in [0.2, 0.25) is 0 Å². The van der Waals surface area contributed by atoms with E-state index in [9.17, 15) is 5.11 Å². The van der Waals surface area contributed by atoms with E-state index in [1.54, 1.807) is 20.1 Å². The Morgan fingerprint density at radius 2 is 1.73 bits per heavy atom. The Morgan fingerprint density at radius 3 is 2.13 bits per heavy atom. The molecule has 0 saturated heterocycles. The highest BCUT2D eigenvalue weighted by atomic mass is 79.9. The molecular weight excluding hydrogens is 260 g/mol. The van der Waals surface area contributed by atoms with Gasteiger partial charge in [0, 0.05) is 5.56 Å². The summed E-state index contributed by atoms with van der Waals surface area (Å²) in [4.78, 5) is 0. The number of rotatable bonds is 2. The molecule has 1 aromatic carbocycles. The van der Waals surface area contributed by atoms with Crippen LogP contribution in [0, 0.1) is 6.92 Å². The second-order valence-electron chi connectivity index (χ2n) is 2.57. The summed E-state index contributed by atoms with van der Waals surface area (Å²) >= 11 is 3.27. The van der Waals surface area contributed by atoms with Gasteiger partial charge in [-0.2, -0.15) is 0 Å². The second kappa shape index (κ2) is 6.56. The Labute approximate surface area is 99.2 Å². The van der Waals surface area contributed by atoms with Gasteiger partial charge in [0.15, 0.2) is 11.5 Å². The predicted octanol–water partition coefficient (Wildman–Crippen LogP) is 3.51. The number of ether oxygens (including phenoxy) is 2. The average Bonchev–Trinajstić information content (AvgIpc) is 2.27. The standard InChI is InChI=1S/C9H11BrO3.C2H6/c1-5-7(12-2)4-6(10)9(13-3)8(5)11;1-2/h4,11H,1-3H3;1-2H3. The lowest BCUT2D eigenvalue weighted by Crippen LogP contribution is -1.92.